The van der Waals surface area contributed by atoms with Gasteiger partial charge in [0.1, 0.15) is 0 Å². The van der Waals surface area contributed by atoms with Gasteiger partial charge in [0.05, 0.1) is 5.69 Å². The Labute approximate surface area is 128 Å². The number of unbranched alkanes of at least 4 members (excludes halogenated alkanes) is 1. The molecule has 1 atom stereocenters. The predicted octanol–water partition coefficient (Wildman–Crippen LogP) is 6.71. The molecule has 1 heterocycles. The van der Waals surface area contributed by atoms with Crippen LogP contribution in [0, 0.1) is 5.92 Å². The van der Waals surface area contributed by atoms with Gasteiger partial charge in [0.15, 0.2) is 4.47 Å². The fourth-order valence-corrected chi connectivity index (χ4v) is 3.61. The van der Waals surface area contributed by atoms with E-state index in [1.165, 1.54) is 36.3 Å². The first-order valence-electron chi connectivity index (χ1n) is 7.73. The van der Waals surface area contributed by atoms with Crippen molar-refractivity contribution in [2.24, 2.45) is 5.92 Å². The maximum Gasteiger partial charge on any atom is 0.184 e. The van der Waals surface area contributed by atoms with Crippen LogP contribution in [0.2, 0.25) is 4.47 Å². The summed E-state index contributed by atoms with van der Waals surface area (Å²) in [6, 6.07) is 0. The van der Waals surface area contributed by atoms with E-state index in [1.54, 1.807) is 11.3 Å². The average molecular weight is 304 g/mol. The van der Waals surface area contributed by atoms with E-state index in [2.05, 4.69) is 32.7 Å². The third-order valence-corrected chi connectivity index (χ3v) is 4.28. The van der Waals surface area contributed by atoms with E-state index in [1.807, 2.05) is 13.8 Å². The first kappa shape index (κ1) is 18.9. The molecule has 1 nitrogen and oxygen atoms in total. The van der Waals surface area contributed by atoms with Crippen molar-refractivity contribution in [2.45, 2.75) is 79.6 Å². The summed E-state index contributed by atoms with van der Waals surface area (Å²) in [5.41, 5.74) is 1.28. The third-order valence-electron chi connectivity index (χ3n) is 3.08. The normalized spacial score (nSPS) is 12.2. The number of halogens is 1. The second-order valence-corrected chi connectivity index (χ2v) is 6.79. The zero-order chi connectivity index (χ0) is 14.8. The van der Waals surface area contributed by atoms with Crippen molar-refractivity contribution in [3.63, 3.8) is 0 Å². The molecule has 0 aliphatic carbocycles. The van der Waals surface area contributed by atoms with Crippen molar-refractivity contribution in [1.29, 1.82) is 0 Å². The lowest BCUT2D eigenvalue weighted by Gasteiger charge is -2.14. The van der Waals surface area contributed by atoms with Crippen LogP contribution in [-0.4, -0.2) is 4.98 Å². The van der Waals surface area contributed by atoms with E-state index < -0.39 is 0 Å². The molecule has 112 valence electrons. The minimum atomic E-state index is 0.604. The van der Waals surface area contributed by atoms with Crippen molar-refractivity contribution in [2.75, 3.05) is 0 Å². The smallest absolute Gasteiger partial charge is 0.184 e. The fourth-order valence-electron chi connectivity index (χ4n) is 2.15. The molecule has 0 bridgehead atoms. The maximum absolute atomic E-state index is 6.09. The molecule has 0 amide bonds. The van der Waals surface area contributed by atoms with Gasteiger partial charge in [-0.1, -0.05) is 66.0 Å². The quantitative estimate of drug-likeness (QED) is 0.546. The SMILES string of the molecule is CC.CCCCC(CC)c1nc(Cl)sc1CC(C)C. The van der Waals surface area contributed by atoms with Gasteiger partial charge in [0.25, 0.3) is 0 Å². The highest BCUT2D eigenvalue weighted by Crippen LogP contribution is 2.34. The Morgan fingerprint density at radius 1 is 1.21 bits per heavy atom. The van der Waals surface area contributed by atoms with Gasteiger partial charge in [0, 0.05) is 10.8 Å². The van der Waals surface area contributed by atoms with Crippen LogP contribution >= 0.6 is 22.9 Å². The van der Waals surface area contributed by atoms with E-state index in [0.29, 0.717) is 16.3 Å². The number of hydrogen-bond acceptors (Lipinski definition) is 2. The molecule has 19 heavy (non-hydrogen) atoms. The molecule has 0 saturated heterocycles. The molecule has 0 aliphatic rings. The molecule has 0 N–H and O–H groups in total. The van der Waals surface area contributed by atoms with Crippen molar-refractivity contribution in [3.05, 3.63) is 15.0 Å². The van der Waals surface area contributed by atoms with Crippen LogP contribution in [0.25, 0.3) is 0 Å². The predicted molar refractivity (Wildman–Crippen MR) is 89.6 cm³/mol. The number of hydrogen-bond donors (Lipinski definition) is 0. The van der Waals surface area contributed by atoms with Gasteiger partial charge in [-0.05, 0) is 25.2 Å². The van der Waals surface area contributed by atoms with Crippen LogP contribution in [0.3, 0.4) is 0 Å². The Kier molecular flexibility index (Phi) is 10.6. The van der Waals surface area contributed by atoms with Gasteiger partial charge in [-0.15, -0.1) is 11.3 Å². The summed E-state index contributed by atoms with van der Waals surface area (Å²) < 4.78 is 0.714. The Morgan fingerprint density at radius 2 is 1.84 bits per heavy atom. The average Bonchev–Trinajstić information content (AvgIpc) is 2.73. The summed E-state index contributed by atoms with van der Waals surface area (Å²) in [4.78, 5) is 5.98. The number of rotatable bonds is 7. The summed E-state index contributed by atoms with van der Waals surface area (Å²) in [5, 5.41) is 0. The Morgan fingerprint density at radius 3 is 2.32 bits per heavy atom. The van der Waals surface area contributed by atoms with Gasteiger partial charge < -0.3 is 0 Å². The maximum atomic E-state index is 6.09. The van der Waals surface area contributed by atoms with Crippen molar-refractivity contribution in [3.8, 4) is 0 Å². The summed E-state index contributed by atoms with van der Waals surface area (Å²) >= 11 is 7.77. The summed E-state index contributed by atoms with van der Waals surface area (Å²) in [7, 11) is 0. The molecular formula is C16H30ClNS. The van der Waals surface area contributed by atoms with E-state index in [0.717, 1.165) is 6.42 Å². The fraction of sp³-hybridized carbons (Fsp3) is 0.812. The molecule has 3 heteroatoms. The van der Waals surface area contributed by atoms with Crippen LogP contribution < -0.4 is 0 Å². The van der Waals surface area contributed by atoms with Crippen LogP contribution in [0.1, 0.15) is 83.7 Å². The second-order valence-electron chi connectivity index (χ2n) is 5.12. The van der Waals surface area contributed by atoms with E-state index in [9.17, 15) is 0 Å². The van der Waals surface area contributed by atoms with Gasteiger partial charge >= 0.3 is 0 Å². The molecule has 0 aromatic carbocycles. The zero-order valence-electron chi connectivity index (χ0n) is 13.4. The highest BCUT2D eigenvalue weighted by atomic mass is 35.5. The highest BCUT2D eigenvalue weighted by Gasteiger charge is 2.19. The lowest BCUT2D eigenvalue weighted by Crippen LogP contribution is -2.03. The Balaban J connectivity index is 0.00000154. The number of nitrogens with zero attached hydrogens (tertiary/aromatic N) is 1. The highest BCUT2D eigenvalue weighted by molar-refractivity contribution is 7.15. The summed E-state index contributed by atoms with van der Waals surface area (Å²) in [5.74, 6) is 1.28. The molecule has 0 aliphatic heterocycles. The first-order valence-corrected chi connectivity index (χ1v) is 8.92. The topological polar surface area (TPSA) is 12.9 Å². The molecule has 0 spiro atoms. The van der Waals surface area contributed by atoms with E-state index in [-0.39, 0.29) is 0 Å². The molecule has 0 saturated carbocycles. The number of aromatic nitrogens is 1. The number of thiazole rings is 1. The largest absolute Gasteiger partial charge is 0.229 e. The molecular weight excluding hydrogens is 274 g/mol. The summed E-state index contributed by atoms with van der Waals surface area (Å²) in [6.07, 6.45) is 6.08. The lowest BCUT2D eigenvalue weighted by atomic mass is 9.93. The lowest BCUT2D eigenvalue weighted by molar-refractivity contribution is 0.549. The van der Waals surface area contributed by atoms with Crippen LogP contribution in [0.15, 0.2) is 0 Å². The molecule has 1 rings (SSSR count). The van der Waals surface area contributed by atoms with E-state index in [4.69, 9.17) is 11.6 Å². The molecule has 1 aromatic rings. The zero-order valence-corrected chi connectivity index (χ0v) is 15.0. The van der Waals surface area contributed by atoms with Crippen molar-refractivity contribution in [1.82, 2.24) is 4.98 Å². The van der Waals surface area contributed by atoms with E-state index >= 15 is 0 Å². The van der Waals surface area contributed by atoms with Crippen LogP contribution in [-0.2, 0) is 6.42 Å². The monoisotopic (exact) mass is 303 g/mol. The Bertz CT molecular complexity index is 333. The summed E-state index contributed by atoms with van der Waals surface area (Å²) in [6.45, 7) is 13.0. The van der Waals surface area contributed by atoms with Crippen molar-refractivity contribution >= 4 is 22.9 Å². The van der Waals surface area contributed by atoms with Gasteiger partial charge in [-0.2, -0.15) is 0 Å². The first-order chi connectivity index (χ1) is 9.08. The van der Waals surface area contributed by atoms with Crippen LogP contribution in [0.4, 0.5) is 0 Å². The second kappa shape index (κ2) is 10.7. The third kappa shape index (κ3) is 6.76. The molecule has 1 unspecified atom stereocenters. The van der Waals surface area contributed by atoms with Gasteiger partial charge in [0.2, 0.25) is 0 Å². The minimum absolute atomic E-state index is 0.604. The van der Waals surface area contributed by atoms with Gasteiger partial charge in [-0.25, -0.2) is 4.98 Å². The van der Waals surface area contributed by atoms with Gasteiger partial charge in [-0.3, -0.25) is 0 Å². The molecule has 0 fully saturated rings. The minimum Gasteiger partial charge on any atom is -0.229 e. The van der Waals surface area contributed by atoms with Crippen LogP contribution in [0.5, 0.6) is 0 Å². The standard InChI is InChI=1S/C14H24ClNS.C2H6/c1-5-7-8-11(6-2)13-12(9-10(3)4)17-14(15)16-13;1-2/h10-11H,5-9H2,1-4H3;1-2H3. The van der Waals surface area contributed by atoms with Crippen molar-refractivity contribution < 1.29 is 0 Å². The molecule has 1 aromatic heterocycles. The molecule has 0 radical (unpaired) electrons. The Hall–Kier alpha value is -0.0800.